The number of carbonyl (C=O) groups is 1. The number of hydrogen-bond donors (Lipinski definition) is 1. The Morgan fingerprint density at radius 3 is 2.20 bits per heavy atom. The van der Waals surface area contributed by atoms with Crippen LogP contribution in [-0.2, 0) is 24.5 Å². The summed E-state index contributed by atoms with van der Waals surface area (Å²) in [6, 6.07) is 3.72. The maximum atomic E-state index is 12.7. The fourth-order valence-electron chi connectivity index (χ4n) is 1.60. The first-order valence-corrected chi connectivity index (χ1v) is 9.01. The second-order valence-electron chi connectivity index (χ2n) is 4.41. The predicted molar refractivity (Wildman–Crippen MR) is 87.3 cm³/mol. The Labute approximate surface area is 156 Å². The van der Waals surface area contributed by atoms with Crippen molar-refractivity contribution in [3.05, 3.63) is 29.8 Å². The smallest absolute Gasteiger partial charge is 0.416 e. The zero-order valence-electron chi connectivity index (χ0n) is 12.6. The minimum atomic E-state index is -4.61. The minimum absolute atomic E-state index is 0.243. The minimum Gasteiger partial charge on any atom is -0.428 e. The number of anilines is 1. The van der Waals surface area contributed by atoms with E-state index in [1.807, 2.05) is 5.32 Å². The number of benzene rings is 1. The van der Waals surface area contributed by atoms with E-state index in [-0.39, 0.29) is 5.69 Å². The van der Waals surface area contributed by atoms with Crippen LogP contribution in [-0.4, -0.2) is 30.0 Å². The average Bonchev–Trinajstić information content (AvgIpc) is 2.50. The monoisotopic (exact) mass is 443 g/mol. The third kappa shape index (κ3) is 6.20. The van der Waals surface area contributed by atoms with Gasteiger partial charge in [0.05, 0.1) is 5.56 Å². The molecule has 1 N–H and O–H groups in total. The van der Waals surface area contributed by atoms with Crippen molar-refractivity contribution in [2.24, 2.45) is 0 Å². The van der Waals surface area contributed by atoms with Crippen molar-refractivity contribution in [2.75, 3.05) is 19.5 Å². The van der Waals surface area contributed by atoms with Gasteiger partial charge in [-0.05, 0) is 18.2 Å². The first kappa shape index (κ1) is 22.3. The number of nitrogens with one attached hydrogen (secondary N) is 1. The lowest BCUT2D eigenvalue weighted by Crippen LogP contribution is -2.34. The first-order chi connectivity index (χ1) is 11.3. The van der Waals surface area contributed by atoms with Crippen LogP contribution in [0.3, 0.4) is 0 Å². The summed E-state index contributed by atoms with van der Waals surface area (Å²) in [5.41, 5.74) is -1.24. The molecule has 1 unspecified atom stereocenters. The molecule has 142 valence electrons. The average molecular weight is 445 g/mol. The van der Waals surface area contributed by atoms with Crippen LogP contribution in [0.15, 0.2) is 24.3 Å². The summed E-state index contributed by atoms with van der Waals surface area (Å²) >= 11 is 16.9. The van der Waals surface area contributed by atoms with Gasteiger partial charge in [0, 0.05) is 19.9 Å². The summed E-state index contributed by atoms with van der Waals surface area (Å²) in [6.07, 6.45) is -5.94. The molecule has 6 nitrogen and oxygen atoms in total. The van der Waals surface area contributed by atoms with E-state index >= 15 is 0 Å². The molecular formula is C12H12Cl3F3NO5P. The largest absolute Gasteiger partial charge is 0.428 e. The Morgan fingerprint density at radius 1 is 1.20 bits per heavy atom. The first-order valence-electron chi connectivity index (χ1n) is 6.26. The van der Waals surface area contributed by atoms with E-state index in [1.165, 1.54) is 6.07 Å². The van der Waals surface area contributed by atoms with Gasteiger partial charge in [-0.1, -0.05) is 40.9 Å². The molecule has 0 fully saturated rings. The second kappa shape index (κ2) is 8.33. The summed E-state index contributed by atoms with van der Waals surface area (Å²) < 4.78 is 61.9. The van der Waals surface area contributed by atoms with E-state index in [0.29, 0.717) is 6.07 Å². The van der Waals surface area contributed by atoms with Crippen molar-refractivity contribution in [1.29, 1.82) is 0 Å². The Balaban J connectivity index is 2.98. The number of ether oxygens (including phenoxy) is 1. The number of halogens is 6. The highest BCUT2D eigenvalue weighted by Crippen LogP contribution is 2.59. The molecule has 1 rings (SSSR count). The summed E-state index contributed by atoms with van der Waals surface area (Å²) in [5, 5.41) is 2.01. The molecule has 25 heavy (non-hydrogen) atoms. The molecular weight excluding hydrogens is 432 g/mol. The van der Waals surface area contributed by atoms with Gasteiger partial charge in [0.15, 0.2) is 0 Å². The third-order valence-corrected chi connectivity index (χ3v) is 5.87. The van der Waals surface area contributed by atoms with E-state index in [9.17, 15) is 22.5 Å². The summed E-state index contributed by atoms with van der Waals surface area (Å²) in [5.74, 6) is -1.97. The molecule has 0 aliphatic heterocycles. The van der Waals surface area contributed by atoms with Gasteiger partial charge >= 0.3 is 19.9 Å². The van der Waals surface area contributed by atoms with Crippen LogP contribution in [0.2, 0.25) is 0 Å². The second-order valence-corrected chi connectivity index (χ2v) is 9.06. The van der Waals surface area contributed by atoms with Crippen LogP contribution in [0.1, 0.15) is 5.56 Å². The maximum absolute atomic E-state index is 12.7. The molecule has 0 aliphatic rings. The van der Waals surface area contributed by atoms with Gasteiger partial charge in [-0.3, -0.25) is 9.88 Å². The Bertz CT molecular complexity index is 660. The van der Waals surface area contributed by atoms with Gasteiger partial charge in [0.25, 0.3) is 5.85 Å². The van der Waals surface area contributed by atoms with Gasteiger partial charge in [-0.2, -0.15) is 13.2 Å². The molecule has 1 aromatic rings. The number of amides is 1. The van der Waals surface area contributed by atoms with Crippen molar-refractivity contribution in [1.82, 2.24) is 0 Å². The SMILES string of the molecule is COP(=O)(OC)C(OC(=O)Nc1cccc(C(F)(F)F)c1)C(Cl)(Cl)Cl. The van der Waals surface area contributed by atoms with Gasteiger partial charge in [-0.25, -0.2) is 4.79 Å². The fourth-order valence-corrected chi connectivity index (χ4v) is 3.92. The lowest BCUT2D eigenvalue weighted by atomic mass is 10.2. The standard InChI is InChI=1S/C12H12Cl3F3NO5P/c1-22-25(21,23-2)9(11(13,14)15)24-10(20)19-8-5-3-4-7(6-8)12(16,17)18/h3-6,9H,1-2H3,(H,19,20). The number of rotatable bonds is 5. The van der Waals surface area contributed by atoms with Gasteiger partial charge in [0.1, 0.15) is 0 Å². The van der Waals surface area contributed by atoms with Crippen LogP contribution >= 0.6 is 42.4 Å². The maximum Gasteiger partial charge on any atom is 0.416 e. The van der Waals surface area contributed by atoms with E-state index < -0.39 is 35.1 Å². The Morgan fingerprint density at radius 2 is 1.76 bits per heavy atom. The van der Waals surface area contributed by atoms with Crippen molar-refractivity contribution >= 4 is 54.2 Å². The van der Waals surface area contributed by atoms with E-state index in [2.05, 4.69) is 9.05 Å². The molecule has 13 heteroatoms. The molecule has 1 atom stereocenters. The van der Waals surface area contributed by atoms with Crippen LogP contribution in [0.5, 0.6) is 0 Å². The van der Waals surface area contributed by atoms with Gasteiger partial charge in [0.2, 0.25) is 3.79 Å². The lowest BCUT2D eigenvalue weighted by molar-refractivity contribution is -0.137. The topological polar surface area (TPSA) is 73.9 Å². The van der Waals surface area contributed by atoms with Crippen LogP contribution in [0.4, 0.5) is 23.7 Å². The van der Waals surface area contributed by atoms with Crippen molar-refractivity contribution in [2.45, 2.75) is 15.8 Å². The highest BCUT2D eigenvalue weighted by atomic mass is 35.6. The van der Waals surface area contributed by atoms with Gasteiger partial charge in [-0.15, -0.1) is 0 Å². The summed E-state index contributed by atoms with van der Waals surface area (Å²) in [4.78, 5) is 11.9. The highest BCUT2D eigenvalue weighted by Gasteiger charge is 2.51. The fraction of sp³-hybridized carbons (Fsp3) is 0.417. The molecule has 0 saturated carbocycles. The molecule has 1 amide bonds. The van der Waals surface area contributed by atoms with Crippen molar-refractivity contribution in [3.63, 3.8) is 0 Å². The zero-order chi connectivity index (χ0) is 19.5. The normalized spacial score (nSPS) is 14.1. The number of carbonyl (C=O) groups excluding carboxylic acids is 1. The van der Waals surface area contributed by atoms with Crippen molar-refractivity contribution < 1.29 is 36.3 Å². The molecule has 0 bridgehead atoms. The third-order valence-electron chi connectivity index (χ3n) is 2.73. The predicted octanol–water partition coefficient (Wildman–Crippen LogP) is 5.44. The Kier molecular flexibility index (Phi) is 7.44. The summed E-state index contributed by atoms with van der Waals surface area (Å²) in [7, 11) is -2.22. The van der Waals surface area contributed by atoms with Crippen LogP contribution in [0, 0.1) is 0 Å². The van der Waals surface area contributed by atoms with Crippen LogP contribution in [0.25, 0.3) is 0 Å². The molecule has 0 radical (unpaired) electrons. The highest BCUT2D eigenvalue weighted by molar-refractivity contribution is 7.55. The lowest BCUT2D eigenvalue weighted by Gasteiger charge is -2.28. The Hall–Kier alpha value is -0.700. The molecule has 0 aromatic heterocycles. The van der Waals surface area contributed by atoms with Crippen LogP contribution < -0.4 is 5.32 Å². The quantitative estimate of drug-likeness (QED) is 0.484. The molecule has 0 heterocycles. The number of alkyl halides is 6. The van der Waals surface area contributed by atoms with E-state index in [1.54, 1.807) is 0 Å². The molecule has 0 spiro atoms. The van der Waals surface area contributed by atoms with Crippen molar-refractivity contribution in [3.8, 4) is 0 Å². The van der Waals surface area contributed by atoms with E-state index in [0.717, 1.165) is 26.4 Å². The van der Waals surface area contributed by atoms with E-state index in [4.69, 9.17) is 39.5 Å². The zero-order valence-corrected chi connectivity index (χ0v) is 15.8. The molecule has 0 saturated heterocycles. The molecule has 1 aromatic carbocycles. The summed E-state index contributed by atoms with van der Waals surface area (Å²) in [6.45, 7) is 0. The van der Waals surface area contributed by atoms with Gasteiger partial charge < -0.3 is 13.8 Å². The number of hydrogen-bond acceptors (Lipinski definition) is 5. The molecule has 0 aliphatic carbocycles.